The first-order valence-electron chi connectivity index (χ1n) is 19.4. The summed E-state index contributed by atoms with van der Waals surface area (Å²) in [5.74, 6) is -1.51. The van der Waals surface area contributed by atoms with E-state index in [-0.39, 0.29) is 64.0 Å². The van der Waals surface area contributed by atoms with Crippen molar-refractivity contribution in [2.24, 2.45) is 0 Å². The maximum Gasteiger partial charge on any atom is 0.326 e. The van der Waals surface area contributed by atoms with Crippen molar-refractivity contribution in [2.45, 2.75) is 153 Å². The molecule has 0 radical (unpaired) electrons. The lowest BCUT2D eigenvalue weighted by molar-refractivity contribution is -0.142. The Labute approximate surface area is 310 Å². The van der Waals surface area contributed by atoms with Crippen LogP contribution in [0, 0.1) is 0 Å². The Morgan fingerprint density at radius 3 is 1.87 bits per heavy atom. The van der Waals surface area contributed by atoms with E-state index in [2.05, 4.69) is 32.5 Å². The van der Waals surface area contributed by atoms with Gasteiger partial charge in [-0.2, -0.15) is 0 Å². The number of nitrogens with one attached hydrogen (secondary N) is 4. The molecule has 0 aromatic carbocycles. The molecule has 1 heterocycles. The van der Waals surface area contributed by atoms with Crippen LogP contribution in [0.5, 0.6) is 0 Å². The number of nitrogens with zero attached hydrogens (tertiary/aromatic N) is 1. The van der Waals surface area contributed by atoms with Crippen LogP contribution in [0.1, 0.15) is 134 Å². The number of aliphatic hydroxyl groups is 2. The number of amides is 2. The predicted molar refractivity (Wildman–Crippen MR) is 200 cm³/mol. The molecule has 0 aliphatic carbocycles. The second-order valence-corrected chi connectivity index (χ2v) is 13.5. The number of carboxylic acids is 1. The molecule has 3 atom stereocenters. The number of hydrogen-bond acceptors (Lipinski definition) is 10. The van der Waals surface area contributed by atoms with Crippen molar-refractivity contribution in [3.8, 4) is 0 Å². The average Bonchev–Trinajstić information content (AvgIpc) is 3.63. The van der Waals surface area contributed by atoms with E-state index in [1.807, 2.05) is 0 Å². The number of aliphatic hydroxyl groups excluding tert-OH is 2. The van der Waals surface area contributed by atoms with Crippen LogP contribution in [0.15, 0.2) is 24.9 Å². The zero-order valence-corrected chi connectivity index (χ0v) is 31.3. The molecule has 2 amide bonds. The summed E-state index contributed by atoms with van der Waals surface area (Å²) in [5.41, 5.74) is 0.763. The van der Waals surface area contributed by atoms with Crippen molar-refractivity contribution in [2.75, 3.05) is 33.0 Å². The molecule has 7 N–H and O–H groups in total. The molecular formula is C38H67N5O9. The number of H-pyrrole nitrogens is 1. The van der Waals surface area contributed by atoms with Gasteiger partial charge in [-0.1, -0.05) is 96.5 Å². The Morgan fingerprint density at radius 1 is 0.788 bits per heavy atom. The molecule has 0 spiro atoms. The Bertz CT molecular complexity index is 1070. The third-order valence-electron chi connectivity index (χ3n) is 8.69. The number of aromatic amines is 1. The third-order valence-corrected chi connectivity index (χ3v) is 8.69. The van der Waals surface area contributed by atoms with Crippen LogP contribution in [0.4, 0.5) is 0 Å². The third kappa shape index (κ3) is 28.3. The van der Waals surface area contributed by atoms with E-state index in [1.54, 1.807) is 6.20 Å². The van der Waals surface area contributed by atoms with E-state index in [1.165, 1.54) is 77.0 Å². The Balaban J connectivity index is 1.95. The first kappa shape index (κ1) is 46.7. The van der Waals surface area contributed by atoms with Crippen LogP contribution < -0.4 is 16.0 Å². The second kappa shape index (κ2) is 32.3. The highest BCUT2D eigenvalue weighted by atomic mass is 16.5. The van der Waals surface area contributed by atoms with E-state index in [0.29, 0.717) is 24.9 Å². The van der Waals surface area contributed by atoms with Crippen molar-refractivity contribution in [3.63, 3.8) is 0 Å². The van der Waals surface area contributed by atoms with Gasteiger partial charge in [0.1, 0.15) is 18.6 Å². The van der Waals surface area contributed by atoms with E-state index < -0.39 is 24.3 Å². The highest BCUT2D eigenvalue weighted by Crippen LogP contribution is 2.15. The van der Waals surface area contributed by atoms with Crippen LogP contribution in [-0.4, -0.2) is 101 Å². The van der Waals surface area contributed by atoms with Gasteiger partial charge in [-0.3, -0.25) is 14.9 Å². The van der Waals surface area contributed by atoms with E-state index in [4.69, 9.17) is 14.6 Å². The lowest BCUT2D eigenvalue weighted by Gasteiger charge is -2.17. The summed E-state index contributed by atoms with van der Waals surface area (Å²) < 4.78 is 10.8. The number of carboxylic acid groups (broad SMARTS) is 1. The second-order valence-electron chi connectivity index (χ2n) is 13.5. The molecule has 0 aliphatic heterocycles. The van der Waals surface area contributed by atoms with Crippen LogP contribution in [0.3, 0.4) is 0 Å². The SMILES string of the molecule is C=C(O)CCCCCCCCCCCCCCCCCCC(=O)N[C@@H](CCC(=O)NCCOCCOCC(O)NC(C=O)Cc1cnc[nH]1)C(=O)O. The number of aromatic nitrogens is 2. The monoisotopic (exact) mass is 737 g/mol. The van der Waals surface area contributed by atoms with Crippen LogP contribution in [0.25, 0.3) is 0 Å². The minimum Gasteiger partial charge on any atom is -0.513 e. The molecule has 14 heteroatoms. The first-order valence-corrected chi connectivity index (χ1v) is 19.4. The average molecular weight is 738 g/mol. The molecule has 14 nitrogen and oxygen atoms in total. The lowest BCUT2D eigenvalue weighted by atomic mass is 10.0. The van der Waals surface area contributed by atoms with Gasteiger partial charge in [0.25, 0.3) is 0 Å². The van der Waals surface area contributed by atoms with Crippen molar-refractivity contribution in [3.05, 3.63) is 30.6 Å². The van der Waals surface area contributed by atoms with Crippen molar-refractivity contribution in [1.29, 1.82) is 0 Å². The predicted octanol–water partition coefficient (Wildman–Crippen LogP) is 5.02. The number of ether oxygens (including phenoxy) is 2. The number of carbonyl (C=O) groups excluding carboxylic acids is 3. The fourth-order valence-electron chi connectivity index (χ4n) is 5.73. The molecule has 1 rings (SSSR count). The maximum absolute atomic E-state index is 12.3. The molecule has 298 valence electrons. The molecule has 0 aliphatic rings. The van der Waals surface area contributed by atoms with Gasteiger partial charge in [-0.15, -0.1) is 0 Å². The van der Waals surface area contributed by atoms with Crippen LogP contribution in [-0.2, 0) is 35.1 Å². The maximum atomic E-state index is 12.3. The molecule has 52 heavy (non-hydrogen) atoms. The van der Waals surface area contributed by atoms with Crippen molar-refractivity contribution < 1.29 is 44.0 Å². The summed E-state index contributed by atoms with van der Waals surface area (Å²) in [7, 11) is 0. The number of unbranched alkanes of at least 4 members (excludes halogenated alkanes) is 15. The molecular weight excluding hydrogens is 670 g/mol. The van der Waals surface area contributed by atoms with E-state index in [0.717, 1.165) is 37.8 Å². The summed E-state index contributed by atoms with van der Waals surface area (Å²) in [5, 5.41) is 36.6. The number of aliphatic carboxylic acids is 1. The summed E-state index contributed by atoms with van der Waals surface area (Å²) in [6.45, 7) is 4.37. The highest BCUT2D eigenvalue weighted by Gasteiger charge is 2.21. The molecule has 0 saturated carbocycles. The smallest absolute Gasteiger partial charge is 0.326 e. The quantitative estimate of drug-likeness (QED) is 0.0209. The largest absolute Gasteiger partial charge is 0.513 e. The van der Waals surface area contributed by atoms with Gasteiger partial charge in [0.15, 0.2) is 0 Å². The van der Waals surface area contributed by atoms with Crippen molar-refractivity contribution >= 4 is 24.1 Å². The van der Waals surface area contributed by atoms with E-state index in [9.17, 15) is 29.4 Å². The summed E-state index contributed by atoms with van der Waals surface area (Å²) >= 11 is 0. The summed E-state index contributed by atoms with van der Waals surface area (Å²) in [4.78, 5) is 54.1. The van der Waals surface area contributed by atoms with Gasteiger partial charge >= 0.3 is 5.97 Å². The van der Waals surface area contributed by atoms with E-state index >= 15 is 0 Å². The van der Waals surface area contributed by atoms with Crippen LogP contribution in [0.2, 0.25) is 0 Å². The van der Waals surface area contributed by atoms with Crippen LogP contribution >= 0.6 is 0 Å². The summed E-state index contributed by atoms with van der Waals surface area (Å²) in [6.07, 6.45) is 23.0. The normalized spacial score (nSPS) is 12.9. The summed E-state index contributed by atoms with van der Waals surface area (Å²) in [6, 6.07) is -1.71. The fourth-order valence-corrected chi connectivity index (χ4v) is 5.73. The lowest BCUT2D eigenvalue weighted by Crippen LogP contribution is -2.43. The number of allylic oxidation sites excluding steroid dienone is 1. The Morgan fingerprint density at radius 2 is 1.35 bits per heavy atom. The van der Waals surface area contributed by atoms with Gasteiger partial charge < -0.3 is 45.2 Å². The molecule has 0 fully saturated rings. The zero-order chi connectivity index (χ0) is 38.1. The topological polar surface area (TPSA) is 212 Å². The molecule has 1 aromatic rings. The van der Waals surface area contributed by atoms with Gasteiger partial charge in [-0.05, 0) is 19.3 Å². The van der Waals surface area contributed by atoms with Gasteiger partial charge in [-0.25, -0.2) is 9.78 Å². The minimum atomic E-state index is -1.17. The standard InChI is InChI=1S/C38H67N5O9/c1-31(45)18-16-14-12-10-8-6-4-2-3-5-7-9-11-13-15-17-19-36(47)43-34(38(49)50)20-21-35(46)40-22-23-51-24-25-52-29-37(48)42-33(28-44)26-32-27-39-30-41-32/h27-28,30,33-34,37,42,45,48H,1-26,29H2,(H,39,41)(H,40,46)(H,43,47)(H,49,50)/t33?,34-,37?/m0/s1. The fraction of sp³-hybridized carbons (Fsp3) is 0.763. The van der Waals surface area contributed by atoms with Crippen molar-refractivity contribution in [1.82, 2.24) is 25.9 Å². The zero-order valence-electron chi connectivity index (χ0n) is 31.3. The van der Waals surface area contributed by atoms with Gasteiger partial charge in [0, 0.05) is 44.1 Å². The molecule has 2 unspecified atom stereocenters. The highest BCUT2D eigenvalue weighted by molar-refractivity contribution is 5.84. The number of hydrogen-bond donors (Lipinski definition) is 7. The number of imidazole rings is 1. The minimum absolute atomic E-state index is 0.00595. The van der Waals surface area contributed by atoms with Gasteiger partial charge in [0.05, 0.1) is 44.6 Å². The van der Waals surface area contributed by atoms with Gasteiger partial charge in [0.2, 0.25) is 11.8 Å². The Kier molecular flexibility index (Phi) is 29.0. The number of carbonyl (C=O) groups is 4. The Hall–Kier alpha value is -3.33. The molecule has 0 saturated heterocycles. The number of rotatable bonds is 37. The number of aldehydes is 1. The molecule has 0 bridgehead atoms. The first-order chi connectivity index (χ1) is 25.2. The molecule has 1 aromatic heterocycles.